The summed E-state index contributed by atoms with van der Waals surface area (Å²) in [5.41, 5.74) is 1.47. The first kappa shape index (κ1) is 21.2. The van der Waals surface area contributed by atoms with Crippen molar-refractivity contribution in [1.82, 2.24) is 0 Å². The van der Waals surface area contributed by atoms with Crippen LogP contribution in [0.5, 0.6) is 0 Å². The minimum absolute atomic E-state index is 0.141. The second-order valence-electron chi connectivity index (χ2n) is 7.99. The Kier molecular flexibility index (Phi) is 8.86. The number of aliphatic hydroxyl groups is 2. The number of hydrogen-bond donors (Lipinski definition) is 2. The van der Waals surface area contributed by atoms with Crippen LogP contribution in [0.2, 0.25) is 0 Å². The molecule has 2 rings (SSSR count). The molecule has 2 N–H and O–H groups in total. The number of fused-ring (bicyclic) bond motifs is 1. The Hall–Kier alpha value is -1.13. The third-order valence-corrected chi connectivity index (χ3v) is 6.02. The van der Waals surface area contributed by atoms with Crippen LogP contribution in [-0.4, -0.2) is 35.5 Å². The Labute approximate surface area is 158 Å². The molecule has 0 aromatic heterocycles. The lowest BCUT2D eigenvalue weighted by Gasteiger charge is -2.17. The van der Waals surface area contributed by atoms with Gasteiger partial charge >= 0.3 is 5.97 Å². The van der Waals surface area contributed by atoms with Crippen molar-refractivity contribution < 1.29 is 19.7 Å². The zero-order valence-electron chi connectivity index (χ0n) is 16.4. The van der Waals surface area contributed by atoms with Gasteiger partial charge in [0.25, 0.3) is 0 Å². The van der Waals surface area contributed by atoms with Crippen LogP contribution in [0.25, 0.3) is 0 Å². The number of hydrogen-bond acceptors (Lipinski definition) is 4. The van der Waals surface area contributed by atoms with Crippen LogP contribution in [-0.2, 0) is 9.53 Å². The van der Waals surface area contributed by atoms with Crippen molar-refractivity contribution >= 4 is 5.97 Å². The van der Waals surface area contributed by atoms with Gasteiger partial charge in [-0.05, 0) is 50.4 Å². The molecule has 0 aromatic rings. The Balaban J connectivity index is 1.81. The summed E-state index contributed by atoms with van der Waals surface area (Å²) in [5.74, 6) is 1.08. The third-order valence-electron chi connectivity index (χ3n) is 6.02. The van der Waals surface area contributed by atoms with Crippen molar-refractivity contribution in [3.05, 3.63) is 23.8 Å². The van der Waals surface area contributed by atoms with E-state index >= 15 is 0 Å². The van der Waals surface area contributed by atoms with Crippen molar-refractivity contribution in [2.75, 3.05) is 7.11 Å². The Bertz CT molecular complexity index is 496. The molecule has 2 aliphatic rings. The van der Waals surface area contributed by atoms with Gasteiger partial charge in [0, 0.05) is 12.3 Å². The monoisotopic (exact) mass is 364 g/mol. The zero-order valence-corrected chi connectivity index (χ0v) is 16.4. The lowest BCUT2D eigenvalue weighted by molar-refractivity contribution is -0.140. The van der Waals surface area contributed by atoms with Crippen LogP contribution in [0.3, 0.4) is 0 Å². The number of carbonyl (C=O) groups is 1. The minimum Gasteiger partial charge on any atom is -0.469 e. The van der Waals surface area contributed by atoms with Gasteiger partial charge in [0.05, 0.1) is 19.3 Å². The van der Waals surface area contributed by atoms with Crippen molar-refractivity contribution in [3.63, 3.8) is 0 Å². The number of unbranched alkanes of at least 4 members (excludes halogenated alkanes) is 3. The molecule has 4 nitrogen and oxygen atoms in total. The predicted octanol–water partition coefficient (Wildman–Crippen LogP) is 4.16. The highest BCUT2D eigenvalue weighted by Gasteiger charge is 2.44. The van der Waals surface area contributed by atoms with Gasteiger partial charge in [-0.15, -0.1) is 0 Å². The van der Waals surface area contributed by atoms with Crippen LogP contribution in [0.4, 0.5) is 0 Å². The fourth-order valence-electron chi connectivity index (χ4n) is 4.55. The lowest BCUT2D eigenvalue weighted by Crippen LogP contribution is -2.17. The molecule has 0 aliphatic heterocycles. The quantitative estimate of drug-likeness (QED) is 0.347. The number of esters is 1. The first-order valence-corrected chi connectivity index (χ1v) is 10.3. The molecule has 0 aromatic carbocycles. The van der Waals surface area contributed by atoms with Gasteiger partial charge in [0.15, 0.2) is 0 Å². The molecule has 2 aliphatic carbocycles. The van der Waals surface area contributed by atoms with E-state index in [4.69, 9.17) is 0 Å². The molecule has 0 spiro atoms. The number of aliphatic hydroxyl groups excluding tert-OH is 2. The van der Waals surface area contributed by atoms with Crippen LogP contribution in [0.1, 0.15) is 71.1 Å². The largest absolute Gasteiger partial charge is 0.469 e. The van der Waals surface area contributed by atoms with Crippen molar-refractivity contribution in [2.24, 2.45) is 17.8 Å². The molecular weight excluding hydrogens is 328 g/mol. The minimum atomic E-state index is -0.387. The van der Waals surface area contributed by atoms with Crippen LogP contribution >= 0.6 is 0 Å². The van der Waals surface area contributed by atoms with Gasteiger partial charge in [-0.3, -0.25) is 4.79 Å². The highest BCUT2D eigenvalue weighted by atomic mass is 16.5. The summed E-state index contributed by atoms with van der Waals surface area (Å²) < 4.78 is 4.67. The molecule has 0 bridgehead atoms. The molecule has 2 saturated carbocycles. The predicted molar refractivity (Wildman–Crippen MR) is 104 cm³/mol. The van der Waals surface area contributed by atoms with E-state index in [0.717, 1.165) is 57.8 Å². The number of carbonyl (C=O) groups excluding carboxylic acids is 1. The maximum absolute atomic E-state index is 11.2. The highest BCUT2D eigenvalue weighted by molar-refractivity contribution is 5.69. The maximum atomic E-state index is 11.2. The van der Waals surface area contributed by atoms with Crippen molar-refractivity contribution in [2.45, 2.75) is 83.3 Å². The van der Waals surface area contributed by atoms with E-state index in [-0.39, 0.29) is 24.1 Å². The SMILES string of the molecule is CCCCC[C@@H](O)C=C[C@@H]1[C@H]2CC(=CCCCC(=O)OC)C[C@@H]2C[C@H]1O. The molecule has 0 amide bonds. The second-order valence-corrected chi connectivity index (χ2v) is 7.99. The molecular formula is C22H36O4. The summed E-state index contributed by atoms with van der Waals surface area (Å²) in [6.07, 6.45) is 15.0. The van der Waals surface area contributed by atoms with Gasteiger partial charge < -0.3 is 14.9 Å². The molecule has 0 heterocycles. The topological polar surface area (TPSA) is 66.8 Å². The summed E-state index contributed by atoms with van der Waals surface area (Å²) in [6.45, 7) is 2.16. The van der Waals surface area contributed by atoms with E-state index in [1.807, 2.05) is 6.08 Å². The third kappa shape index (κ3) is 6.24. The molecule has 2 fully saturated rings. The fraction of sp³-hybridized carbons (Fsp3) is 0.773. The van der Waals surface area contributed by atoms with E-state index in [0.29, 0.717) is 18.3 Å². The van der Waals surface area contributed by atoms with Crippen LogP contribution < -0.4 is 0 Å². The van der Waals surface area contributed by atoms with Gasteiger partial charge in [-0.2, -0.15) is 0 Å². The first-order chi connectivity index (χ1) is 12.5. The van der Waals surface area contributed by atoms with Gasteiger partial charge in [-0.1, -0.05) is 50.0 Å². The maximum Gasteiger partial charge on any atom is 0.305 e. The standard InChI is InChI=1S/C22H36O4/c1-3-4-5-9-18(23)11-12-19-20-14-16(13-17(20)15-21(19)24)8-6-7-10-22(25)26-2/h8,11-12,17-21,23-24H,3-7,9-10,13-15H2,1-2H3/t17-,18-,19-,20+,21-/m1/s1. The molecule has 4 heteroatoms. The zero-order chi connectivity index (χ0) is 18.9. The smallest absolute Gasteiger partial charge is 0.305 e. The average molecular weight is 365 g/mol. The summed E-state index contributed by atoms with van der Waals surface area (Å²) in [4.78, 5) is 11.2. The molecule has 26 heavy (non-hydrogen) atoms. The van der Waals surface area contributed by atoms with Gasteiger partial charge in [-0.25, -0.2) is 0 Å². The summed E-state index contributed by atoms with van der Waals surface area (Å²) in [5, 5.41) is 20.5. The summed E-state index contributed by atoms with van der Waals surface area (Å²) in [7, 11) is 1.43. The van der Waals surface area contributed by atoms with E-state index < -0.39 is 0 Å². The van der Waals surface area contributed by atoms with E-state index in [1.54, 1.807) is 0 Å². The van der Waals surface area contributed by atoms with E-state index in [2.05, 4.69) is 23.8 Å². The number of allylic oxidation sites excluding steroid dienone is 2. The molecule has 5 atom stereocenters. The van der Waals surface area contributed by atoms with Crippen LogP contribution in [0.15, 0.2) is 23.8 Å². The second kappa shape index (κ2) is 10.9. The molecule has 0 saturated heterocycles. The number of rotatable bonds is 10. The molecule has 0 radical (unpaired) electrons. The Morgan fingerprint density at radius 1 is 1.31 bits per heavy atom. The van der Waals surface area contributed by atoms with E-state index in [1.165, 1.54) is 12.7 Å². The number of ether oxygens (including phenoxy) is 1. The molecule has 0 unspecified atom stereocenters. The Morgan fingerprint density at radius 2 is 2.12 bits per heavy atom. The van der Waals surface area contributed by atoms with Gasteiger partial charge in [0.1, 0.15) is 0 Å². The van der Waals surface area contributed by atoms with Crippen LogP contribution in [0, 0.1) is 17.8 Å². The normalized spacial score (nSPS) is 30.8. The van der Waals surface area contributed by atoms with Crippen molar-refractivity contribution in [1.29, 1.82) is 0 Å². The summed E-state index contributed by atoms with van der Waals surface area (Å²) >= 11 is 0. The molecule has 148 valence electrons. The van der Waals surface area contributed by atoms with E-state index in [9.17, 15) is 15.0 Å². The fourth-order valence-corrected chi connectivity index (χ4v) is 4.55. The average Bonchev–Trinajstić information content (AvgIpc) is 3.13. The lowest BCUT2D eigenvalue weighted by atomic mass is 9.90. The van der Waals surface area contributed by atoms with Gasteiger partial charge in [0.2, 0.25) is 0 Å². The summed E-state index contributed by atoms with van der Waals surface area (Å²) in [6, 6.07) is 0. The Morgan fingerprint density at radius 3 is 2.85 bits per heavy atom. The number of methoxy groups -OCH3 is 1. The van der Waals surface area contributed by atoms with Crippen molar-refractivity contribution in [3.8, 4) is 0 Å². The first-order valence-electron chi connectivity index (χ1n) is 10.3. The highest BCUT2D eigenvalue weighted by Crippen LogP contribution is 2.50.